The van der Waals surface area contributed by atoms with Gasteiger partial charge in [-0.1, -0.05) is 24.3 Å². The lowest BCUT2D eigenvalue weighted by Gasteiger charge is -2.11. The van der Waals surface area contributed by atoms with E-state index < -0.39 is 0 Å². The molecule has 1 aromatic heterocycles. The summed E-state index contributed by atoms with van der Waals surface area (Å²) in [5, 5.41) is 0. The summed E-state index contributed by atoms with van der Waals surface area (Å²) in [5.41, 5.74) is 3.20. The molecule has 154 valence electrons. The van der Waals surface area contributed by atoms with Gasteiger partial charge in [-0.15, -0.1) is 0 Å². The van der Waals surface area contributed by atoms with Gasteiger partial charge in [0.15, 0.2) is 0 Å². The van der Waals surface area contributed by atoms with Gasteiger partial charge in [-0.05, 0) is 61.4 Å². The zero-order chi connectivity index (χ0) is 20.8. The number of aromatic nitrogens is 2. The van der Waals surface area contributed by atoms with Crippen LogP contribution in [0.5, 0.6) is 17.2 Å². The molecule has 0 radical (unpaired) electrons. The Balaban J connectivity index is 1.45. The van der Waals surface area contributed by atoms with E-state index in [1.54, 1.807) is 14.2 Å². The largest absolute Gasteiger partial charge is 0.497 e. The summed E-state index contributed by atoms with van der Waals surface area (Å²) in [7, 11) is 3.35. The van der Waals surface area contributed by atoms with Crippen molar-refractivity contribution in [3.8, 4) is 28.6 Å². The van der Waals surface area contributed by atoms with E-state index in [4.69, 9.17) is 19.2 Å². The first-order valence-electron chi connectivity index (χ1n) is 10.1. The highest BCUT2D eigenvalue weighted by molar-refractivity contribution is 5.80. The maximum atomic E-state index is 5.86. The standard InChI is InChI=1S/C25H26N2O3/c1-28-20-12-14-21(15-13-20)30-17-6-5-16-27-24-11-4-3-10-23(24)26-25(27)19-8-7-9-22(18-19)29-2/h3-4,7-15,18H,5-6,16-17H2,1-2H3. The number of para-hydroxylation sites is 2. The van der Waals surface area contributed by atoms with E-state index in [1.165, 1.54) is 0 Å². The van der Waals surface area contributed by atoms with Crippen LogP contribution >= 0.6 is 0 Å². The molecule has 5 heteroatoms. The van der Waals surface area contributed by atoms with Crippen molar-refractivity contribution in [3.63, 3.8) is 0 Å². The number of hydrogen-bond acceptors (Lipinski definition) is 4. The summed E-state index contributed by atoms with van der Waals surface area (Å²) in [6.45, 7) is 1.55. The van der Waals surface area contributed by atoms with Gasteiger partial charge >= 0.3 is 0 Å². The van der Waals surface area contributed by atoms with Crippen LogP contribution in [0.2, 0.25) is 0 Å². The van der Waals surface area contributed by atoms with Gasteiger partial charge in [-0.2, -0.15) is 0 Å². The van der Waals surface area contributed by atoms with E-state index >= 15 is 0 Å². The Hall–Kier alpha value is -3.47. The van der Waals surface area contributed by atoms with E-state index in [1.807, 2.05) is 48.5 Å². The molecule has 0 aliphatic carbocycles. The number of methoxy groups -OCH3 is 2. The second-order valence-electron chi connectivity index (χ2n) is 7.04. The van der Waals surface area contributed by atoms with Gasteiger partial charge in [-0.25, -0.2) is 4.98 Å². The molecule has 0 amide bonds. The summed E-state index contributed by atoms with van der Waals surface area (Å²) >= 11 is 0. The molecule has 0 saturated heterocycles. The first kappa shape index (κ1) is 19.8. The van der Waals surface area contributed by atoms with Gasteiger partial charge in [0.05, 0.1) is 31.9 Å². The highest BCUT2D eigenvalue weighted by atomic mass is 16.5. The molecule has 0 aliphatic heterocycles. The number of hydrogen-bond donors (Lipinski definition) is 0. The molecule has 0 N–H and O–H groups in total. The van der Waals surface area contributed by atoms with Crippen LogP contribution in [0, 0.1) is 0 Å². The molecular weight excluding hydrogens is 376 g/mol. The van der Waals surface area contributed by atoms with E-state index in [9.17, 15) is 0 Å². The molecule has 3 aromatic carbocycles. The van der Waals surface area contributed by atoms with Gasteiger partial charge in [0, 0.05) is 12.1 Å². The number of rotatable bonds is 9. The monoisotopic (exact) mass is 402 g/mol. The number of fused-ring (bicyclic) bond motifs is 1. The Morgan fingerprint density at radius 1 is 0.767 bits per heavy atom. The van der Waals surface area contributed by atoms with E-state index in [-0.39, 0.29) is 0 Å². The molecular formula is C25H26N2O3. The van der Waals surface area contributed by atoms with Gasteiger partial charge < -0.3 is 18.8 Å². The highest BCUT2D eigenvalue weighted by Crippen LogP contribution is 2.28. The van der Waals surface area contributed by atoms with Crippen molar-refractivity contribution in [2.24, 2.45) is 0 Å². The third-order valence-electron chi connectivity index (χ3n) is 5.09. The Bertz CT molecular complexity index is 1100. The molecule has 30 heavy (non-hydrogen) atoms. The SMILES string of the molecule is COc1ccc(OCCCCn2c(-c3cccc(OC)c3)nc3ccccc32)cc1. The van der Waals surface area contributed by atoms with Crippen LogP contribution in [0.4, 0.5) is 0 Å². The molecule has 4 aromatic rings. The van der Waals surface area contributed by atoms with Gasteiger partial charge in [0.2, 0.25) is 0 Å². The summed E-state index contributed by atoms with van der Waals surface area (Å²) in [5.74, 6) is 3.49. The number of benzene rings is 3. The lowest BCUT2D eigenvalue weighted by Crippen LogP contribution is -2.04. The lowest BCUT2D eigenvalue weighted by molar-refractivity contribution is 0.303. The second-order valence-corrected chi connectivity index (χ2v) is 7.04. The first-order valence-corrected chi connectivity index (χ1v) is 10.1. The fraction of sp³-hybridized carbons (Fsp3) is 0.240. The van der Waals surface area contributed by atoms with Crippen LogP contribution in [-0.4, -0.2) is 30.4 Å². The number of imidazole rings is 1. The normalized spacial score (nSPS) is 10.9. The summed E-state index contributed by atoms with van der Waals surface area (Å²) in [4.78, 5) is 4.89. The predicted octanol–water partition coefficient (Wildman–Crippen LogP) is 5.58. The summed E-state index contributed by atoms with van der Waals surface area (Å²) in [6.07, 6.45) is 1.95. The highest BCUT2D eigenvalue weighted by Gasteiger charge is 2.12. The molecule has 0 unspecified atom stereocenters. The number of unbranched alkanes of at least 4 members (excludes halogenated alkanes) is 1. The minimum atomic E-state index is 0.674. The van der Waals surface area contributed by atoms with Crippen molar-refractivity contribution in [2.45, 2.75) is 19.4 Å². The molecule has 0 saturated carbocycles. The van der Waals surface area contributed by atoms with Crippen molar-refractivity contribution < 1.29 is 14.2 Å². The number of nitrogens with zero attached hydrogens (tertiary/aromatic N) is 2. The molecule has 0 bridgehead atoms. The fourth-order valence-corrected chi connectivity index (χ4v) is 3.52. The summed E-state index contributed by atoms with van der Waals surface area (Å²) < 4.78 is 18.7. The molecule has 4 rings (SSSR count). The van der Waals surface area contributed by atoms with E-state index in [0.717, 1.165) is 59.1 Å². The first-order chi connectivity index (χ1) is 14.8. The van der Waals surface area contributed by atoms with Crippen molar-refractivity contribution in [1.29, 1.82) is 0 Å². The second kappa shape index (κ2) is 9.35. The van der Waals surface area contributed by atoms with Crippen LogP contribution in [0.15, 0.2) is 72.8 Å². The molecule has 0 fully saturated rings. The predicted molar refractivity (Wildman–Crippen MR) is 119 cm³/mol. The lowest BCUT2D eigenvalue weighted by atomic mass is 10.2. The Labute approximate surface area is 176 Å². The van der Waals surface area contributed by atoms with Crippen LogP contribution in [0.3, 0.4) is 0 Å². The Kier molecular flexibility index (Phi) is 6.18. The van der Waals surface area contributed by atoms with Crippen molar-refractivity contribution >= 4 is 11.0 Å². The van der Waals surface area contributed by atoms with E-state index in [2.05, 4.69) is 28.8 Å². The maximum absolute atomic E-state index is 5.86. The third kappa shape index (κ3) is 4.40. The fourth-order valence-electron chi connectivity index (χ4n) is 3.52. The smallest absolute Gasteiger partial charge is 0.141 e. The molecule has 5 nitrogen and oxygen atoms in total. The van der Waals surface area contributed by atoms with Crippen molar-refractivity contribution in [2.75, 3.05) is 20.8 Å². The van der Waals surface area contributed by atoms with Crippen molar-refractivity contribution in [3.05, 3.63) is 72.8 Å². The van der Waals surface area contributed by atoms with Crippen LogP contribution in [-0.2, 0) is 6.54 Å². The average molecular weight is 402 g/mol. The number of ether oxygens (including phenoxy) is 3. The van der Waals surface area contributed by atoms with Crippen molar-refractivity contribution in [1.82, 2.24) is 9.55 Å². The maximum Gasteiger partial charge on any atom is 0.141 e. The summed E-state index contributed by atoms with van der Waals surface area (Å²) in [6, 6.07) is 24.0. The number of aryl methyl sites for hydroxylation is 1. The Morgan fingerprint density at radius 3 is 2.33 bits per heavy atom. The zero-order valence-electron chi connectivity index (χ0n) is 17.4. The van der Waals surface area contributed by atoms with Gasteiger partial charge in [0.25, 0.3) is 0 Å². The topological polar surface area (TPSA) is 45.5 Å². The molecule has 0 atom stereocenters. The molecule has 0 spiro atoms. The molecule has 0 aliphatic rings. The van der Waals surface area contributed by atoms with Gasteiger partial charge in [0.1, 0.15) is 23.1 Å². The molecule has 1 heterocycles. The van der Waals surface area contributed by atoms with Crippen LogP contribution in [0.25, 0.3) is 22.4 Å². The van der Waals surface area contributed by atoms with Crippen LogP contribution in [0.1, 0.15) is 12.8 Å². The van der Waals surface area contributed by atoms with Crippen LogP contribution < -0.4 is 14.2 Å². The third-order valence-corrected chi connectivity index (χ3v) is 5.09. The zero-order valence-corrected chi connectivity index (χ0v) is 17.4. The van der Waals surface area contributed by atoms with E-state index in [0.29, 0.717) is 6.61 Å². The minimum absolute atomic E-state index is 0.674. The Morgan fingerprint density at radius 2 is 1.53 bits per heavy atom. The van der Waals surface area contributed by atoms with Gasteiger partial charge in [-0.3, -0.25) is 0 Å². The minimum Gasteiger partial charge on any atom is -0.497 e. The average Bonchev–Trinajstić information content (AvgIpc) is 3.18. The quantitative estimate of drug-likeness (QED) is 0.343.